The number of pyridine rings is 1. The van der Waals surface area contributed by atoms with Crippen LogP contribution < -0.4 is 0 Å². The van der Waals surface area contributed by atoms with Gasteiger partial charge in [-0.1, -0.05) is 31.2 Å². The van der Waals surface area contributed by atoms with Crippen molar-refractivity contribution in [2.75, 3.05) is 6.61 Å². The van der Waals surface area contributed by atoms with E-state index in [1.807, 2.05) is 11.5 Å². The number of halogens is 2. The van der Waals surface area contributed by atoms with E-state index in [-0.39, 0.29) is 5.78 Å². The SMILES string of the molecule is Cc1c(I)nc(C(=O)c2ccc(Cl)cn2)n1COCC[Si](C)(C)C. The second kappa shape index (κ2) is 8.07. The number of carbonyl (C=O) groups excluding carboxylic acids is 1. The molecular weight excluding hydrogens is 457 g/mol. The molecule has 5 nitrogen and oxygen atoms in total. The summed E-state index contributed by atoms with van der Waals surface area (Å²) in [5, 5.41) is 0.496. The Hall–Kier alpha value is -0.773. The fourth-order valence-corrected chi connectivity index (χ4v) is 3.38. The highest BCUT2D eigenvalue weighted by molar-refractivity contribution is 14.1. The van der Waals surface area contributed by atoms with Crippen molar-refractivity contribution in [2.45, 2.75) is 39.3 Å². The maximum absolute atomic E-state index is 12.7. The molecule has 0 amide bonds. The van der Waals surface area contributed by atoms with E-state index in [1.165, 1.54) is 6.20 Å². The first-order valence-corrected chi connectivity index (χ1v) is 12.8. The summed E-state index contributed by atoms with van der Waals surface area (Å²) in [4.78, 5) is 21.2. The van der Waals surface area contributed by atoms with Crippen molar-refractivity contribution in [3.05, 3.63) is 44.3 Å². The Morgan fingerprint density at radius 1 is 1.38 bits per heavy atom. The molecule has 0 aliphatic carbocycles. The number of nitrogens with zero attached hydrogens (tertiary/aromatic N) is 3. The number of hydrogen-bond donors (Lipinski definition) is 0. The minimum atomic E-state index is -1.14. The Labute approximate surface area is 161 Å². The van der Waals surface area contributed by atoms with Crippen LogP contribution in [0, 0.1) is 10.6 Å². The third kappa shape index (κ3) is 5.11. The Balaban J connectivity index is 2.17. The zero-order valence-corrected chi connectivity index (χ0v) is 18.2. The van der Waals surface area contributed by atoms with Crippen molar-refractivity contribution < 1.29 is 9.53 Å². The molecule has 2 rings (SSSR count). The lowest BCUT2D eigenvalue weighted by Gasteiger charge is -2.16. The zero-order valence-electron chi connectivity index (χ0n) is 14.3. The Morgan fingerprint density at radius 3 is 2.67 bits per heavy atom. The maximum Gasteiger partial charge on any atom is 0.246 e. The molecule has 0 atom stereocenters. The van der Waals surface area contributed by atoms with Gasteiger partial charge in [0.2, 0.25) is 5.78 Å². The zero-order chi connectivity index (χ0) is 17.9. The maximum atomic E-state index is 12.7. The summed E-state index contributed by atoms with van der Waals surface area (Å²) in [6.07, 6.45) is 1.46. The minimum Gasteiger partial charge on any atom is -0.361 e. The normalized spacial score (nSPS) is 11.8. The molecule has 0 fully saturated rings. The predicted molar refractivity (Wildman–Crippen MR) is 106 cm³/mol. The molecule has 2 aromatic heterocycles. The van der Waals surface area contributed by atoms with Gasteiger partial charge in [0.1, 0.15) is 16.1 Å². The van der Waals surface area contributed by atoms with E-state index in [1.54, 1.807) is 12.1 Å². The number of aromatic nitrogens is 3. The monoisotopic (exact) mass is 477 g/mol. The highest BCUT2D eigenvalue weighted by Crippen LogP contribution is 2.17. The molecule has 0 aliphatic heterocycles. The Morgan fingerprint density at radius 2 is 2.08 bits per heavy atom. The molecule has 2 heterocycles. The standard InChI is InChI=1S/C16H21ClIN3O2Si/c1-11-15(18)20-16(14(22)13-6-5-12(17)9-19-13)21(11)10-23-7-8-24(2,3)4/h5-6,9H,7-8,10H2,1-4H3. The number of rotatable bonds is 7. The van der Waals surface area contributed by atoms with Gasteiger partial charge in [-0.25, -0.2) is 4.98 Å². The van der Waals surface area contributed by atoms with Crippen LogP contribution >= 0.6 is 34.2 Å². The summed E-state index contributed by atoms with van der Waals surface area (Å²) < 4.78 is 8.40. The summed E-state index contributed by atoms with van der Waals surface area (Å²) in [5.41, 5.74) is 1.24. The van der Waals surface area contributed by atoms with Crippen molar-refractivity contribution in [1.29, 1.82) is 0 Å². The van der Waals surface area contributed by atoms with Crippen molar-refractivity contribution >= 4 is 48.0 Å². The summed E-state index contributed by atoms with van der Waals surface area (Å²) in [7, 11) is -1.14. The molecule has 8 heteroatoms. The number of carbonyl (C=O) groups is 1. The largest absolute Gasteiger partial charge is 0.361 e. The first-order chi connectivity index (χ1) is 11.2. The van der Waals surface area contributed by atoms with E-state index in [0.717, 1.165) is 15.4 Å². The van der Waals surface area contributed by atoms with Crippen LogP contribution in [0.25, 0.3) is 0 Å². The molecule has 0 saturated carbocycles. The number of hydrogen-bond acceptors (Lipinski definition) is 4. The van der Waals surface area contributed by atoms with Crippen molar-refractivity contribution in [1.82, 2.24) is 14.5 Å². The van der Waals surface area contributed by atoms with E-state index in [2.05, 4.69) is 52.2 Å². The van der Waals surface area contributed by atoms with Gasteiger partial charge in [-0.2, -0.15) is 0 Å². The number of imidazole rings is 1. The molecule has 0 bridgehead atoms. The van der Waals surface area contributed by atoms with Gasteiger partial charge in [-0.05, 0) is 47.7 Å². The molecule has 0 spiro atoms. The van der Waals surface area contributed by atoms with Crippen LogP contribution in [-0.2, 0) is 11.5 Å². The average molecular weight is 478 g/mol. The molecule has 0 saturated heterocycles. The minimum absolute atomic E-state index is 0.230. The van der Waals surface area contributed by atoms with Crippen molar-refractivity contribution in [3.8, 4) is 0 Å². The van der Waals surface area contributed by atoms with Gasteiger partial charge >= 0.3 is 0 Å². The van der Waals surface area contributed by atoms with Crippen molar-refractivity contribution in [2.24, 2.45) is 0 Å². The summed E-state index contributed by atoms with van der Waals surface area (Å²) in [6.45, 7) is 9.87. The van der Waals surface area contributed by atoms with Gasteiger partial charge in [0.25, 0.3) is 0 Å². The fourth-order valence-electron chi connectivity index (χ4n) is 1.99. The second-order valence-electron chi connectivity index (χ2n) is 6.78. The molecule has 0 unspecified atom stereocenters. The highest BCUT2D eigenvalue weighted by atomic mass is 127. The summed E-state index contributed by atoms with van der Waals surface area (Å²) >= 11 is 7.96. The lowest BCUT2D eigenvalue weighted by atomic mass is 10.2. The van der Waals surface area contributed by atoms with Gasteiger partial charge in [-0.3, -0.25) is 9.78 Å². The fraction of sp³-hybridized carbons (Fsp3) is 0.438. The van der Waals surface area contributed by atoms with Crippen LogP contribution in [0.5, 0.6) is 0 Å². The lowest BCUT2D eigenvalue weighted by molar-refractivity contribution is 0.0800. The molecule has 130 valence electrons. The van der Waals surface area contributed by atoms with E-state index >= 15 is 0 Å². The van der Waals surface area contributed by atoms with E-state index in [9.17, 15) is 4.79 Å². The van der Waals surface area contributed by atoms with Crippen LogP contribution in [0.1, 0.15) is 22.0 Å². The van der Waals surface area contributed by atoms with Crippen molar-refractivity contribution in [3.63, 3.8) is 0 Å². The molecule has 2 aromatic rings. The van der Waals surface area contributed by atoms with Gasteiger partial charge in [0.05, 0.1) is 10.7 Å². The average Bonchev–Trinajstić information content (AvgIpc) is 2.78. The second-order valence-corrected chi connectivity index (χ2v) is 13.9. The third-order valence-corrected chi connectivity index (χ3v) is 6.49. The third-order valence-electron chi connectivity index (χ3n) is 3.54. The van der Waals surface area contributed by atoms with Gasteiger partial charge in [-0.15, -0.1) is 0 Å². The smallest absolute Gasteiger partial charge is 0.246 e. The summed E-state index contributed by atoms with van der Waals surface area (Å²) in [6, 6.07) is 4.34. The molecule has 0 aromatic carbocycles. The van der Waals surface area contributed by atoms with Crippen LogP contribution in [-0.4, -0.2) is 35.0 Å². The Kier molecular flexibility index (Phi) is 6.57. The molecular formula is C16H21ClIN3O2Si. The molecule has 0 radical (unpaired) electrons. The van der Waals surface area contributed by atoms with E-state index < -0.39 is 8.07 Å². The van der Waals surface area contributed by atoms with Crippen LogP contribution in [0.15, 0.2) is 18.3 Å². The summed E-state index contributed by atoms with van der Waals surface area (Å²) in [5.74, 6) is 0.117. The predicted octanol–water partition coefficient (Wildman–Crippen LogP) is 4.39. The molecule has 0 N–H and O–H groups in total. The lowest BCUT2D eigenvalue weighted by Crippen LogP contribution is -2.22. The van der Waals surface area contributed by atoms with Gasteiger partial charge < -0.3 is 9.30 Å². The number of ether oxygens (including phenoxy) is 1. The molecule has 0 aliphatic rings. The van der Waals surface area contributed by atoms with Gasteiger partial charge in [0, 0.05) is 20.9 Å². The Bertz CT molecular complexity index is 726. The first-order valence-electron chi connectivity index (χ1n) is 7.65. The quantitative estimate of drug-likeness (QED) is 0.257. The van der Waals surface area contributed by atoms with Gasteiger partial charge in [0.15, 0.2) is 5.82 Å². The topological polar surface area (TPSA) is 57.0 Å². The number of ketones is 1. The first kappa shape index (κ1) is 19.6. The van der Waals surface area contributed by atoms with Crippen LogP contribution in [0.3, 0.4) is 0 Å². The highest BCUT2D eigenvalue weighted by Gasteiger charge is 2.21. The van der Waals surface area contributed by atoms with Crippen LogP contribution in [0.2, 0.25) is 30.7 Å². The van der Waals surface area contributed by atoms with E-state index in [4.69, 9.17) is 16.3 Å². The van der Waals surface area contributed by atoms with Crippen LogP contribution in [0.4, 0.5) is 0 Å². The van der Waals surface area contributed by atoms with E-state index in [0.29, 0.717) is 29.9 Å². The molecule has 24 heavy (non-hydrogen) atoms.